The van der Waals surface area contributed by atoms with Crippen molar-refractivity contribution in [2.45, 2.75) is 6.92 Å². The Labute approximate surface area is 87.2 Å². The molecule has 0 radical (unpaired) electrons. The predicted octanol–water partition coefficient (Wildman–Crippen LogP) is 3.94. The van der Waals surface area contributed by atoms with Crippen molar-refractivity contribution in [1.29, 1.82) is 0 Å². The molecule has 15 heavy (non-hydrogen) atoms. The average Bonchev–Trinajstić information content (AvgIpc) is 2.23. The monoisotopic (exact) mass is 204 g/mol. The first-order valence-electron chi connectivity index (χ1n) is 4.69. The van der Waals surface area contributed by atoms with Crippen LogP contribution in [0.1, 0.15) is 5.56 Å². The summed E-state index contributed by atoms with van der Waals surface area (Å²) in [6.45, 7) is 1.95. The molecule has 2 rings (SSSR count). The predicted molar refractivity (Wildman–Crippen MR) is 56.5 cm³/mol. The van der Waals surface area contributed by atoms with E-state index in [0.717, 1.165) is 17.7 Å². The zero-order chi connectivity index (χ0) is 10.8. The van der Waals surface area contributed by atoms with Crippen molar-refractivity contribution >= 4 is 0 Å². The summed E-state index contributed by atoms with van der Waals surface area (Å²) in [4.78, 5) is 0. The molecule has 0 nitrogen and oxygen atoms in total. The molecule has 0 bridgehead atoms. The van der Waals surface area contributed by atoms with Gasteiger partial charge in [-0.05, 0) is 30.7 Å². The van der Waals surface area contributed by atoms with Crippen LogP contribution in [0.3, 0.4) is 0 Å². The van der Waals surface area contributed by atoms with Gasteiger partial charge in [0.15, 0.2) is 0 Å². The molecule has 2 aromatic rings. The number of hydrogen-bond donors (Lipinski definition) is 0. The van der Waals surface area contributed by atoms with E-state index in [1.54, 1.807) is 12.1 Å². The highest BCUT2D eigenvalue weighted by molar-refractivity contribution is 5.64. The third-order valence-electron chi connectivity index (χ3n) is 2.29. The lowest BCUT2D eigenvalue weighted by Crippen LogP contribution is -1.86. The Morgan fingerprint density at radius 3 is 2.20 bits per heavy atom. The lowest BCUT2D eigenvalue weighted by atomic mass is 10.0. The highest BCUT2D eigenvalue weighted by atomic mass is 19.1. The molecule has 0 spiro atoms. The van der Waals surface area contributed by atoms with Gasteiger partial charge in [-0.15, -0.1) is 0 Å². The van der Waals surface area contributed by atoms with E-state index in [1.807, 2.05) is 19.1 Å². The van der Waals surface area contributed by atoms with Gasteiger partial charge in [-0.1, -0.05) is 29.8 Å². The summed E-state index contributed by atoms with van der Waals surface area (Å²) >= 11 is 0. The molecule has 0 amide bonds. The van der Waals surface area contributed by atoms with E-state index in [4.69, 9.17) is 0 Å². The molecule has 2 heteroatoms. The first kappa shape index (κ1) is 9.84. The Hall–Kier alpha value is -1.70. The van der Waals surface area contributed by atoms with Gasteiger partial charge in [0.1, 0.15) is 11.6 Å². The second-order valence-corrected chi connectivity index (χ2v) is 3.49. The maximum absolute atomic E-state index is 13.4. The first-order chi connectivity index (χ1) is 7.16. The van der Waals surface area contributed by atoms with Gasteiger partial charge in [0.2, 0.25) is 0 Å². The van der Waals surface area contributed by atoms with E-state index in [9.17, 15) is 8.78 Å². The zero-order valence-electron chi connectivity index (χ0n) is 8.30. The summed E-state index contributed by atoms with van der Waals surface area (Å²) in [5.41, 5.74) is 2.09. The van der Waals surface area contributed by atoms with Crippen molar-refractivity contribution in [3.63, 3.8) is 0 Å². The van der Waals surface area contributed by atoms with Gasteiger partial charge in [-0.25, -0.2) is 8.78 Å². The zero-order valence-corrected chi connectivity index (χ0v) is 8.30. The standard InChI is InChI=1S/C13H10F2/c1-9-2-4-10(5-3-9)12-8-11(14)6-7-13(12)15/h2-8H,1H3. The van der Waals surface area contributed by atoms with Crippen molar-refractivity contribution in [2.75, 3.05) is 0 Å². The number of hydrogen-bond acceptors (Lipinski definition) is 0. The second kappa shape index (κ2) is 3.81. The maximum Gasteiger partial charge on any atom is 0.131 e. The fraction of sp³-hybridized carbons (Fsp3) is 0.0769. The molecular formula is C13H10F2. The Kier molecular flexibility index (Phi) is 2.50. The molecule has 0 heterocycles. The number of halogens is 2. The fourth-order valence-electron chi connectivity index (χ4n) is 1.45. The van der Waals surface area contributed by atoms with Gasteiger partial charge in [0.05, 0.1) is 0 Å². The number of aryl methyl sites for hydroxylation is 1. The molecule has 0 aliphatic heterocycles. The lowest BCUT2D eigenvalue weighted by molar-refractivity contribution is 0.603. The van der Waals surface area contributed by atoms with Crippen LogP contribution in [0.4, 0.5) is 8.78 Å². The summed E-state index contributed by atoms with van der Waals surface area (Å²) in [7, 11) is 0. The minimum Gasteiger partial charge on any atom is -0.207 e. The van der Waals surface area contributed by atoms with Crippen molar-refractivity contribution in [3.8, 4) is 11.1 Å². The van der Waals surface area contributed by atoms with E-state index in [1.165, 1.54) is 6.07 Å². The molecule has 0 aromatic heterocycles. The third-order valence-corrected chi connectivity index (χ3v) is 2.29. The van der Waals surface area contributed by atoms with Crippen LogP contribution >= 0.6 is 0 Å². The quantitative estimate of drug-likeness (QED) is 0.660. The Balaban J connectivity index is 2.53. The van der Waals surface area contributed by atoms with Gasteiger partial charge >= 0.3 is 0 Å². The molecule has 0 saturated heterocycles. The second-order valence-electron chi connectivity index (χ2n) is 3.49. The van der Waals surface area contributed by atoms with Gasteiger partial charge in [-0.2, -0.15) is 0 Å². The van der Waals surface area contributed by atoms with Crippen LogP contribution in [0.5, 0.6) is 0 Å². The van der Waals surface area contributed by atoms with Crippen molar-refractivity contribution in [2.24, 2.45) is 0 Å². The molecule has 0 N–H and O–H groups in total. The summed E-state index contributed by atoms with van der Waals surface area (Å²) in [5, 5.41) is 0. The molecule has 0 aliphatic carbocycles. The van der Waals surface area contributed by atoms with E-state index in [0.29, 0.717) is 11.1 Å². The number of rotatable bonds is 1. The summed E-state index contributed by atoms with van der Waals surface area (Å²) in [6, 6.07) is 10.8. The minimum atomic E-state index is -0.424. The van der Waals surface area contributed by atoms with Crippen LogP contribution in [0.15, 0.2) is 42.5 Å². The van der Waals surface area contributed by atoms with Crippen LogP contribution < -0.4 is 0 Å². The Morgan fingerprint density at radius 1 is 0.867 bits per heavy atom. The maximum atomic E-state index is 13.4. The van der Waals surface area contributed by atoms with Crippen molar-refractivity contribution in [3.05, 3.63) is 59.7 Å². The smallest absolute Gasteiger partial charge is 0.131 e. The van der Waals surface area contributed by atoms with E-state index in [-0.39, 0.29) is 0 Å². The van der Waals surface area contributed by atoms with E-state index in [2.05, 4.69) is 0 Å². The minimum absolute atomic E-state index is 0.301. The number of benzene rings is 2. The largest absolute Gasteiger partial charge is 0.207 e. The summed E-state index contributed by atoms with van der Waals surface area (Å²) in [6.07, 6.45) is 0. The Bertz CT molecular complexity index is 472. The van der Waals surface area contributed by atoms with E-state index < -0.39 is 11.6 Å². The van der Waals surface area contributed by atoms with Crippen molar-refractivity contribution < 1.29 is 8.78 Å². The molecule has 0 fully saturated rings. The van der Waals surface area contributed by atoms with Gasteiger partial charge in [-0.3, -0.25) is 0 Å². The molecular weight excluding hydrogens is 194 g/mol. The molecule has 0 aliphatic rings. The van der Waals surface area contributed by atoms with Gasteiger partial charge in [0.25, 0.3) is 0 Å². The SMILES string of the molecule is Cc1ccc(-c2cc(F)ccc2F)cc1. The molecule has 0 atom stereocenters. The van der Waals surface area contributed by atoms with Crippen molar-refractivity contribution in [1.82, 2.24) is 0 Å². The normalized spacial score (nSPS) is 10.3. The van der Waals surface area contributed by atoms with Crippen LogP contribution in [0.25, 0.3) is 11.1 Å². The third kappa shape index (κ3) is 2.04. The highest BCUT2D eigenvalue weighted by Crippen LogP contribution is 2.23. The fourth-order valence-corrected chi connectivity index (χ4v) is 1.45. The molecule has 0 unspecified atom stereocenters. The summed E-state index contributed by atoms with van der Waals surface area (Å²) in [5.74, 6) is -0.827. The topological polar surface area (TPSA) is 0 Å². The van der Waals surface area contributed by atoms with E-state index >= 15 is 0 Å². The molecule has 76 valence electrons. The van der Waals surface area contributed by atoms with Gasteiger partial charge in [0, 0.05) is 5.56 Å². The van der Waals surface area contributed by atoms with Gasteiger partial charge < -0.3 is 0 Å². The Morgan fingerprint density at radius 2 is 1.53 bits per heavy atom. The average molecular weight is 204 g/mol. The first-order valence-corrected chi connectivity index (χ1v) is 4.69. The van der Waals surface area contributed by atoms with Crippen LogP contribution in [0, 0.1) is 18.6 Å². The summed E-state index contributed by atoms with van der Waals surface area (Å²) < 4.78 is 26.3. The molecule has 2 aromatic carbocycles. The highest BCUT2D eigenvalue weighted by Gasteiger charge is 2.05. The van der Waals surface area contributed by atoms with Crippen LogP contribution in [-0.4, -0.2) is 0 Å². The molecule has 0 saturated carbocycles. The van der Waals surface area contributed by atoms with Crippen LogP contribution in [0.2, 0.25) is 0 Å². The van der Waals surface area contributed by atoms with Crippen LogP contribution in [-0.2, 0) is 0 Å². The lowest BCUT2D eigenvalue weighted by Gasteiger charge is -2.03.